The molecule has 1 fully saturated rings. The lowest BCUT2D eigenvalue weighted by Crippen LogP contribution is -2.36. The first kappa shape index (κ1) is 23.7. The normalized spacial score (nSPS) is 13.4. The number of benzene rings is 3. The van der Waals surface area contributed by atoms with Gasteiger partial charge in [-0.1, -0.05) is 29.3 Å². The Balaban J connectivity index is 1.57. The highest BCUT2D eigenvalue weighted by atomic mass is 35.5. The third-order valence-electron chi connectivity index (χ3n) is 5.18. The van der Waals surface area contributed by atoms with Crippen molar-refractivity contribution in [2.75, 3.05) is 41.8 Å². The minimum absolute atomic E-state index is 0.0396. The Morgan fingerprint density at radius 1 is 1.03 bits per heavy atom. The highest BCUT2D eigenvalue weighted by Crippen LogP contribution is 2.36. The van der Waals surface area contributed by atoms with Crippen molar-refractivity contribution >= 4 is 57.5 Å². The number of carbonyl (C=O) groups excluding carboxylic acids is 1. The molecule has 8 nitrogen and oxygen atoms in total. The number of rotatable bonds is 6. The summed E-state index contributed by atoms with van der Waals surface area (Å²) in [7, 11) is 0. The quantitative estimate of drug-likeness (QED) is 0.321. The standard InChI is InChI=1S/C23H19Cl2FN4O4/c24-18-5-4-14(10-21(18)28-20-3-1-2-19(25)22(20)30(32)33)23(31)27-16-11-15(26)12-17(13-16)29-6-8-34-9-7-29/h1-5,10-13,28H,6-9H2,(H,27,31). The van der Waals surface area contributed by atoms with Gasteiger partial charge >= 0.3 is 5.69 Å². The van der Waals surface area contributed by atoms with Gasteiger partial charge in [0.05, 0.1) is 28.8 Å². The molecule has 1 saturated heterocycles. The van der Waals surface area contributed by atoms with Crippen LogP contribution in [0, 0.1) is 15.9 Å². The van der Waals surface area contributed by atoms with Crippen LogP contribution in [0.25, 0.3) is 0 Å². The first-order valence-electron chi connectivity index (χ1n) is 10.3. The molecule has 0 spiro atoms. The number of ether oxygens (including phenoxy) is 1. The average molecular weight is 505 g/mol. The fraction of sp³-hybridized carbons (Fsp3) is 0.174. The Bertz CT molecular complexity index is 1250. The van der Waals surface area contributed by atoms with E-state index in [1.165, 1.54) is 42.5 Å². The average Bonchev–Trinajstić information content (AvgIpc) is 2.80. The first-order valence-corrected chi connectivity index (χ1v) is 11.0. The fourth-order valence-corrected chi connectivity index (χ4v) is 3.97. The highest BCUT2D eigenvalue weighted by Gasteiger charge is 2.20. The number of hydrogen-bond donors (Lipinski definition) is 2. The van der Waals surface area contributed by atoms with E-state index in [1.807, 2.05) is 4.90 Å². The minimum Gasteiger partial charge on any atom is -0.378 e. The van der Waals surface area contributed by atoms with Crippen LogP contribution in [0.1, 0.15) is 10.4 Å². The molecule has 2 N–H and O–H groups in total. The number of nitrogens with zero attached hydrogens (tertiary/aromatic N) is 2. The van der Waals surface area contributed by atoms with Crippen molar-refractivity contribution in [3.05, 3.63) is 86.1 Å². The molecule has 11 heteroatoms. The largest absolute Gasteiger partial charge is 0.378 e. The van der Waals surface area contributed by atoms with Crippen molar-refractivity contribution in [3.8, 4) is 0 Å². The van der Waals surface area contributed by atoms with E-state index >= 15 is 0 Å². The second kappa shape index (κ2) is 10.3. The van der Waals surface area contributed by atoms with E-state index in [4.69, 9.17) is 27.9 Å². The molecule has 0 aromatic heterocycles. The summed E-state index contributed by atoms with van der Waals surface area (Å²) in [5, 5.41) is 17.2. The summed E-state index contributed by atoms with van der Waals surface area (Å²) in [5.41, 5.74) is 1.23. The molecule has 0 bridgehead atoms. The van der Waals surface area contributed by atoms with E-state index in [2.05, 4.69) is 10.6 Å². The number of nitro groups is 1. The summed E-state index contributed by atoms with van der Waals surface area (Å²) in [6.45, 7) is 2.34. The maximum atomic E-state index is 14.2. The van der Waals surface area contributed by atoms with E-state index in [9.17, 15) is 19.3 Å². The van der Waals surface area contributed by atoms with Gasteiger partial charge in [-0.15, -0.1) is 0 Å². The van der Waals surface area contributed by atoms with Crippen LogP contribution in [0.5, 0.6) is 0 Å². The fourth-order valence-electron chi connectivity index (χ4n) is 3.56. The Morgan fingerprint density at radius 2 is 1.79 bits per heavy atom. The van der Waals surface area contributed by atoms with E-state index < -0.39 is 16.6 Å². The van der Waals surface area contributed by atoms with E-state index in [1.54, 1.807) is 12.1 Å². The lowest BCUT2D eigenvalue weighted by molar-refractivity contribution is -0.383. The van der Waals surface area contributed by atoms with E-state index in [-0.39, 0.29) is 32.7 Å². The second-order valence-electron chi connectivity index (χ2n) is 7.46. The van der Waals surface area contributed by atoms with Crippen molar-refractivity contribution < 1.29 is 18.8 Å². The SMILES string of the molecule is O=C(Nc1cc(F)cc(N2CCOCC2)c1)c1ccc(Cl)c(Nc2cccc(Cl)c2[N+](=O)[O-])c1. The molecule has 0 unspecified atom stereocenters. The Kier molecular flexibility index (Phi) is 7.16. The predicted octanol–water partition coefficient (Wildman–Crippen LogP) is 5.87. The van der Waals surface area contributed by atoms with Gasteiger partial charge in [0, 0.05) is 30.0 Å². The summed E-state index contributed by atoms with van der Waals surface area (Å²) < 4.78 is 19.6. The van der Waals surface area contributed by atoms with Crippen LogP contribution < -0.4 is 15.5 Å². The van der Waals surface area contributed by atoms with Crippen molar-refractivity contribution in [1.82, 2.24) is 0 Å². The maximum absolute atomic E-state index is 14.2. The molecular formula is C23H19Cl2FN4O4. The Morgan fingerprint density at radius 3 is 2.53 bits per heavy atom. The van der Waals surface area contributed by atoms with Crippen LogP contribution in [0.4, 0.5) is 32.8 Å². The number of amides is 1. The summed E-state index contributed by atoms with van der Waals surface area (Å²) >= 11 is 12.2. The molecule has 0 atom stereocenters. The second-order valence-corrected chi connectivity index (χ2v) is 8.28. The van der Waals surface area contributed by atoms with Gasteiger partial charge < -0.3 is 20.3 Å². The van der Waals surface area contributed by atoms with Gasteiger partial charge in [0.1, 0.15) is 16.5 Å². The monoisotopic (exact) mass is 504 g/mol. The number of anilines is 4. The predicted molar refractivity (Wildman–Crippen MR) is 130 cm³/mol. The van der Waals surface area contributed by atoms with Crippen LogP contribution in [0.15, 0.2) is 54.6 Å². The topological polar surface area (TPSA) is 96.7 Å². The van der Waals surface area contributed by atoms with Crippen LogP contribution in [-0.2, 0) is 4.74 Å². The molecule has 1 aliphatic heterocycles. The van der Waals surface area contributed by atoms with Crippen molar-refractivity contribution in [3.63, 3.8) is 0 Å². The molecule has 0 radical (unpaired) electrons. The smallest absolute Gasteiger partial charge is 0.311 e. The molecule has 1 heterocycles. The number of nitrogens with one attached hydrogen (secondary N) is 2. The third kappa shape index (κ3) is 5.39. The molecule has 0 aliphatic carbocycles. The summed E-state index contributed by atoms with van der Waals surface area (Å²) in [6, 6.07) is 13.2. The van der Waals surface area contributed by atoms with Crippen molar-refractivity contribution in [1.29, 1.82) is 0 Å². The summed E-state index contributed by atoms with van der Waals surface area (Å²) in [4.78, 5) is 25.7. The molecule has 4 rings (SSSR count). The molecule has 3 aromatic rings. The van der Waals surface area contributed by atoms with Crippen LogP contribution in [-0.4, -0.2) is 37.1 Å². The van der Waals surface area contributed by atoms with Crippen molar-refractivity contribution in [2.45, 2.75) is 0 Å². The van der Waals surface area contributed by atoms with Gasteiger partial charge in [0.15, 0.2) is 0 Å². The van der Waals surface area contributed by atoms with Crippen molar-refractivity contribution in [2.24, 2.45) is 0 Å². The summed E-state index contributed by atoms with van der Waals surface area (Å²) in [5.74, 6) is -0.982. The van der Waals surface area contributed by atoms with Crippen LogP contribution >= 0.6 is 23.2 Å². The van der Waals surface area contributed by atoms with Gasteiger partial charge in [-0.25, -0.2) is 4.39 Å². The number of para-hydroxylation sites is 1. The van der Waals surface area contributed by atoms with Crippen LogP contribution in [0.3, 0.4) is 0 Å². The molecular weight excluding hydrogens is 486 g/mol. The molecule has 176 valence electrons. The number of morpholine rings is 1. The van der Waals surface area contributed by atoms with Gasteiger partial charge in [-0.05, 0) is 48.5 Å². The van der Waals surface area contributed by atoms with Gasteiger partial charge in [-0.3, -0.25) is 14.9 Å². The highest BCUT2D eigenvalue weighted by molar-refractivity contribution is 6.34. The van der Waals surface area contributed by atoms with Gasteiger partial charge in [-0.2, -0.15) is 0 Å². The molecule has 3 aromatic carbocycles. The maximum Gasteiger partial charge on any atom is 0.311 e. The zero-order valence-electron chi connectivity index (χ0n) is 17.7. The van der Waals surface area contributed by atoms with E-state index in [0.29, 0.717) is 37.7 Å². The van der Waals surface area contributed by atoms with Gasteiger partial charge in [0.25, 0.3) is 5.91 Å². The Hall–Kier alpha value is -3.40. The number of nitro benzene ring substituents is 1. The summed E-state index contributed by atoms with van der Waals surface area (Å²) in [6.07, 6.45) is 0. The molecule has 0 saturated carbocycles. The van der Waals surface area contributed by atoms with Crippen LogP contribution in [0.2, 0.25) is 10.0 Å². The first-order chi connectivity index (χ1) is 16.3. The van der Waals surface area contributed by atoms with Gasteiger partial charge in [0.2, 0.25) is 0 Å². The van der Waals surface area contributed by atoms with E-state index in [0.717, 1.165) is 0 Å². The number of hydrogen-bond acceptors (Lipinski definition) is 6. The molecule has 1 aliphatic rings. The zero-order valence-corrected chi connectivity index (χ0v) is 19.2. The zero-order chi connectivity index (χ0) is 24.2. The third-order valence-corrected chi connectivity index (χ3v) is 5.82. The molecule has 1 amide bonds. The Labute approximate surface area is 204 Å². The minimum atomic E-state index is -0.606. The number of carbonyl (C=O) groups is 1. The number of halogens is 3. The lowest BCUT2D eigenvalue weighted by Gasteiger charge is -2.29. The lowest BCUT2D eigenvalue weighted by atomic mass is 10.1. The molecule has 34 heavy (non-hydrogen) atoms.